The molecule has 168 valence electrons. The van der Waals surface area contributed by atoms with Gasteiger partial charge >= 0.3 is 0 Å². The van der Waals surface area contributed by atoms with Gasteiger partial charge in [-0.25, -0.2) is 9.29 Å². The number of hydrogen-bond acceptors (Lipinski definition) is 5. The molecule has 7 heteroatoms. The third-order valence-corrected chi connectivity index (χ3v) is 6.19. The van der Waals surface area contributed by atoms with Crippen molar-refractivity contribution in [2.24, 2.45) is 0 Å². The van der Waals surface area contributed by atoms with Crippen molar-refractivity contribution in [2.75, 3.05) is 38.7 Å². The van der Waals surface area contributed by atoms with Crippen LogP contribution in [-0.2, 0) is 9.59 Å². The molecule has 4 rings (SSSR count). The molecule has 0 bridgehead atoms. The molecule has 6 nitrogen and oxygen atoms in total. The van der Waals surface area contributed by atoms with Crippen molar-refractivity contribution in [3.05, 3.63) is 65.6 Å². The van der Waals surface area contributed by atoms with Crippen LogP contribution in [0.15, 0.2) is 54.2 Å². The van der Waals surface area contributed by atoms with E-state index in [1.54, 1.807) is 36.4 Å². The lowest BCUT2D eigenvalue weighted by atomic mass is 10.00. The molecule has 2 aliphatic rings. The molecule has 0 unspecified atom stereocenters. The topological polar surface area (TPSA) is 53.1 Å². The van der Waals surface area contributed by atoms with E-state index in [1.807, 2.05) is 18.9 Å². The maximum absolute atomic E-state index is 13.6. The Bertz CT molecular complexity index is 1030. The van der Waals surface area contributed by atoms with Crippen molar-refractivity contribution in [2.45, 2.75) is 25.8 Å². The molecule has 2 heterocycles. The van der Waals surface area contributed by atoms with E-state index in [0.29, 0.717) is 34.9 Å². The lowest BCUT2D eigenvalue weighted by Gasteiger charge is -2.36. The second-order valence-corrected chi connectivity index (χ2v) is 8.25. The molecule has 0 aliphatic carbocycles. The van der Waals surface area contributed by atoms with Crippen molar-refractivity contribution in [3.8, 4) is 5.75 Å². The van der Waals surface area contributed by atoms with E-state index in [9.17, 15) is 14.0 Å². The average molecular weight is 438 g/mol. The molecule has 2 aliphatic heterocycles. The number of carbonyl (C=O) groups is 2. The third-order valence-electron chi connectivity index (χ3n) is 6.19. The zero-order chi connectivity index (χ0) is 22.8. The first-order chi connectivity index (χ1) is 15.4. The molecule has 1 fully saturated rings. The molecular formula is C25H28FN3O3. The van der Waals surface area contributed by atoms with E-state index in [-0.39, 0.29) is 17.8 Å². The fourth-order valence-corrected chi connectivity index (χ4v) is 4.38. The van der Waals surface area contributed by atoms with Crippen LogP contribution in [0.1, 0.15) is 25.3 Å². The maximum Gasteiger partial charge on any atom is 0.282 e. The molecule has 0 N–H and O–H groups in total. The summed E-state index contributed by atoms with van der Waals surface area (Å²) in [5, 5.41) is 0. The van der Waals surface area contributed by atoms with Gasteiger partial charge in [0.05, 0.1) is 17.9 Å². The van der Waals surface area contributed by atoms with Gasteiger partial charge in [-0.3, -0.25) is 9.59 Å². The smallest absolute Gasteiger partial charge is 0.282 e. The Kier molecular flexibility index (Phi) is 6.28. The van der Waals surface area contributed by atoms with Crippen LogP contribution in [0.2, 0.25) is 0 Å². The SMILES string of the molecule is CCOc1ccc(N2C(=O)C(c3ccc(F)cc3)=C(N(C)C3CCN(C)CC3)C2=O)cc1. The fraction of sp³-hybridized carbons (Fsp3) is 0.360. The first-order valence-corrected chi connectivity index (χ1v) is 10.9. The zero-order valence-corrected chi connectivity index (χ0v) is 18.7. The van der Waals surface area contributed by atoms with E-state index in [2.05, 4.69) is 11.9 Å². The van der Waals surface area contributed by atoms with E-state index in [1.165, 1.54) is 17.0 Å². The number of likely N-dealkylation sites (N-methyl/N-ethyl adjacent to an activating group) is 1. The van der Waals surface area contributed by atoms with Crippen LogP contribution >= 0.6 is 0 Å². The third kappa shape index (κ3) is 4.12. The molecule has 0 saturated carbocycles. The number of imide groups is 1. The predicted molar refractivity (Wildman–Crippen MR) is 122 cm³/mol. The molecule has 0 spiro atoms. The minimum absolute atomic E-state index is 0.147. The Hall–Kier alpha value is -3.19. The minimum atomic E-state index is -0.402. The molecule has 0 atom stereocenters. The highest BCUT2D eigenvalue weighted by molar-refractivity contribution is 6.45. The molecule has 1 saturated heterocycles. The Morgan fingerprint density at radius 3 is 2.22 bits per heavy atom. The van der Waals surface area contributed by atoms with Gasteiger partial charge < -0.3 is 14.5 Å². The summed E-state index contributed by atoms with van der Waals surface area (Å²) in [5.74, 6) is -0.481. The van der Waals surface area contributed by atoms with Crippen LogP contribution in [0.4, 0.5) is 10.1 Å². The van der Waals surface area contributed by atoms with Crippen molar-refractivity contribution in [3.63, 3.8) is 0 Å². The molecule has 2 aromatic rings. The summed E-state index contributed by atoms with van der Waals surface area (Å²) in [6.45, 7) is 4.28. The highest BCUT2D eigenvalue weighted by Gasteiger charge is 2.43. The van der Waals surface area contributed by atoms with Crippen molar-refractivity contribution < 1.29 is 18.7 Å². The molecule has 0 aromatic heterocycles. The Morgan fingerprint density at radius 1 is 1.00 bits per heavy atom. The first kappa shape index (κ1) is 22.0. The molecule has 0 radical (unpaired) electrons. The van der Waals surface area contributed by atoms with Crippen LogP contribution in [0, 0.1) is 5.82 Å². The van der Waals surface area contributed by atoms with Gasteiger partial charge in [0.25, 0.3) is 11.8 Å². The Labute approximate surface area is 187 Å². The van der Waals surface area contributed by atoms with Crippen LogP contribution in [-0.4, -0.2) is 61.4 Å². The monoisotopic (exact) mass is 437 g/mol. The number of ether oxygens (including phenoxy) is 1. The van der Waals surface area contributed by atoms with Gasteiger partial charge in [0.15, 0.2) is 0 Å². The fourth-order valence-electron chi connectivity index (χ4n) is 4.38. The van der Waals surface area contributed by atoms with Crippen molar-refractivity contribution in [1.82, 2.24) is 9.80 Å². The van der Waals surface area contributed by atoms with E-state index in [0.717, 1.165) is 25.9 Å². The van der Waals surface area contributed by atoms with E-state index < -0.39 is 5.91 Å². The van der Waals surface area contributed by atoms with Crippen molar-refractivity contribution >= 4 is 23.1 Å². The number of rotatable bonds is 6. The number of likely N-dealkylation sites (tertiary alicyclic amines) is 1. The summed E-state index contributed by atoms with van der Waals surface area (Å²) in [6.07, 6.45) is 1.80. The summed E-state index contributed by atoms with van der Waals surface area (Å²) >= 11 is 0. The minimum Gasteiger partial charge on any atom is -0.494 e. The molecule has 2 amide bonds. The van der Waals surface area contributed by atoms with Gasteiger partial charge in [-0.15, -0.1) is 0 Å². The summed E-state index contributed by atoms with van der Waals surface area (Å²) in [4.78, 5) is 32.6. The lowest BCUT2D eigenvalue weighted by molar-refractivity contribution is -0.120. The molecule has 2 aromatic carbocycles. The van der Waals surface area contributed by atoms with Gasteiger partial charge in [0, 0.05) is 13.1 Å². The maximum atomic E-state index is 13.6. The second kappa shape index (κ2) is 9.12. The quantitative estimate of drug-likeness (QED) is 0.647. The normalized spacial score (nSPS) is 17.9. The second-order valence-electron chi connectivity index (χ2n) is 8.25. The number of halogens is 1. The van der Waals surface area contributed by atoms with Crippen LogP contribution < -0.4 is 9.64 Å². The zero-order valence-electron chi connectivity index (χ0n) is 18.7. The van der Waals surface area contributed by atoms with Gasteiger partial charge in [0.1, 0.15) is 17.3 Å². The highest BCUT2D eigenvalue weighted by atomic mass is 19.1. The van der Waals surface area contributed by atoms with Crippen LogP contribution in [0.3, 0.4) is 0 Å². The van der Waals surface area contributed by atoms with Gasteiger partial charge in [0.2, 0.25) is 0 Å². The number of piperidine rings is 1. The highest BCUT2D eigenvalue weighted by Crippen LogP contribution is 2.36. The number of nitrogens with zero attached hydrogens (tertiary/aromatic N) is 3. The lowest BCUT2D eigenvalue weighted by Crippen LogP contribution is -2.43. The van der Waals surface area contributed by atoms with Crippen molar-refractivity contribution in [1.29, 1.82) is 0 Å². The molecule has 32 heavy (non-hydrogen) atoms. The van der Waals surface area contributed by atoms with Gasteiger partial charge in [-0.1, -0.05) is 12.1 Å². The van der Waals surface area contributed by atoms with E-state index in [4.69, 9.17) is 4.74 Å². The number of amides is 2. The van der Waals surface area contributed by atoms with Crippen LogP contribution in [0.5, 0.6) is 5.75 Å². The first-order valence-electron chi connectivity index (χ1n) is 10.9. The molecular weight excluding hydrogens is 409 g/mol. The summed E-state index contributed by atoms with van der Waals surface area (Å²) in [6, 6.07) is 12.8. The number of anilines is 1. The summed E-state index contributed by atoms with van der Waals surface area (Å²) in [7, 11) is 3.96. The van der Waals surface area contributed by atoms with Crippen LogP contribution in [0.25, 0.3) is 5.57 Å². The average Bonchev–Trinajstić information content (AvgIpc) is 3.05. The Balaban J connectivity index is 1.73. The number of carbonyl (C=O) groups excluding carboxylic acids is 2. The predicted octanol–water partition coefficient (Wildman–Crippen LogP) is 3.53. The number of hydrogen-bond donors (Lipinski definition) is 0. The summed E-state index contributed by atoms with van der Waals surface area (Å²) < 4.78 is 19.0. The van der Waals surface area contributed by atoms with Gasteiger partial charge in [-0.05, 0) is 81.9 Å². The Morgan fingerprint density at radius 2 is 1.62 bits per heavy atom. The largest absolute Gasteiger partial charge is 0.494 e. The van der Waals surface area contributed by atoms with E-state index >= 15 is 0 Å². The standard InChI is InChI=1S/C25H28FN3O3/c1-4-32-21-11-9-20(10-12-21)29-24(30)22(17-5-7-18(26)8-6-17)23(25(29)31)28(3)19-13-15-27(2)16-14-19/h5-12,19H,4,13-16H2,1-3H3. The van der Waals surface area contributed by atoms with Gasteiger partial charge in [-0.2, -0.15) is 0 Å². The summed E-state index contributed by atoms with van der Waals surface area (Å²) in [5.41, 5.74) is 1.69. The number of benzene rings is 2.